The summed E-state index contributed by atoms with van der Waals surface area (Å²) in [5.41, 5.74) is 6.75. The number of likely N-dealkylation sites (tertiary alicyclic amines) is 1. The van der Waals surface area contributed by atoms with Crippen molar-refractivity contribution in [2.75, 3.05) is 56.5 Å². The summed E-state index contributed by atoms with van der Waals surface area (Å²) in [4.78, 5) is 39.8. The third-order valence-corrected chi connectivity index (χ3v) is 8.18. The lowest BCUT2D eigenvalue weighted by Crippen LogP contribution is -2.59. The Bertz CT molecular complexity index is 1180. The summed E-state index contributed by atoms with van der Waals surface area (Å²) in [6.45, 7) is 5.59. The first-order valence-electron chi connectivity index (χ1n) is 13.7. The third kappa shape index (κ3) is 6.95. The first-order chi connectivity index (χ1) is 19.2. The number of nitrogens with two attached hydrogens (primary N) is 1. The lowest BCUT2D eigenvalue weighted by Gasteiger charge is -2.48. The highest BCUT2D eigenvalue weighted by Gasteiger charge is 2.37. The van der Waals surface area contributed by atoms with Gasteiger partial charge in [0.1, 0.15) is 6.04 Å². The zero-order valence-electron chi connectivity index (χ0n) is 22.6. The third-order valence-electron chi connectivity index (χ3n) is 7.68. The number of halogens is 2. The Kier molecular flexibility index (Phi) is 10.4. The summed E-state index contributed by atoms with van der Waals surface area (Å²) in [5, 5.41) is 22.2. The quantitative estimate of drug-likeness (QED) is 0.324. The number of aliphatic carboxylic acids is 1. The molecule has 218 valence electrons. The second-order valence-corrected chi connectivity index (χ2v) is 11.0. The van der Waals surface area contributed by atoms with Crippen LogP contribution in [0.25, 0.3) is 0 Å². The van der Waals surface area contributed by atoms with Gasteiger partial charge in [-0.25, -0.2) is 9.97 Å². The smallest absolute Gasteiger partial charge is 0.325 e. The van der Waals surface area contributed by atoms with Crippen LogP contribution in [-0.4, -0.2) is 99.8 Å². The first-order valence-corrected chi connectivity index (χ1v) is 14.4. The molecule has 40 heavy (non-hydrogen) atoms. The molecule has 2 aliphatic heterocycles. The highest BCUT2D eigenvalue weighted by molar-refractivity contribution is 6.32. The van der Waals surface area contributed by atoms with Crippen LogP contribution in [0.3, 0.4) is 0 Å². The van der Waals surface area contributed by atoms with Crippen LogP contribution in [0.4, 0.5) is 11.6 Å². The number of nitrogens with one attached hydrogen (secondary N) is 1. The van der Waals surface area contributed by atoms with E-state index in [-0.39, 0.29) is 35.9 Å². The standard InChI is InChI=1S/C27H37Cl2N7O4/c1-2-3-20-16-35(25-23(29)32-21(24(30)33-25)26(38)31-10-15-37)13-14-36(20)19-8-11-34(12-9-19)22(27(39)40)17-4-6-18(28)7-5-17/h4-7,19-20,22,37H,2-3,8-16H2,1H3,(H2,30,33)(H,31,38)(H,39,40)/t20-,22+/m0/s1. The van der Waals surface area contributed by atoms with Gasteiger partial charge in [-0.1, -0.05) is 48.7 Å². The molecule has 2 aromatic rings. The van der Waals surface area contributed by atoms with Crippen molar-refractivity contribution >= 4 is 46.7 Å². The van der Waals surface area contributed by atoms with Crippen molar-refractivity contribution in [2.45, 2.75) is 50.7 Å². The molecule has 4 rings (SSSR count). The van der Waals surface area contributed by atoms with Crippen molar-refractivity contribution in [2.24, 2.45) is 0 Å². The molecular weight excluding hydrogens is 557 g/mol. The van der Waals surface area contributed by atoms with Crippen molar-refractivity contribution in [1.29, 1.82) is 0 Å². The van der Waals surface area contributed by atoms with E-state index in [9.17, 15) is 14.7 Å². The Balaban J connectivity index is 1.42. The molecule has 0 spiro atoms. The number of carboxylic acids is 1. The predicted molar refractivity (Wildman–Crippen MR) is 155 cm³/mol. The van der Waals surface area contributed by atoms with E-state index in [4.69, 9.17) is 34.0 Å². The molecule has 13 heteroatoms. The highest BCUT2D eigenvalue weighted by Crippen LogP contribution is 2.32. The predicted octanol–water partition coefficient (Wildman–Crippen LogP) is 2.67. The Morgan fingerprint density at radius 1 is 1.12 bits per heavy atom. The van der Waals surface area contributed by atoms with E-state index in [1.807, 2.05) is 4.90 Å². The molecule has 1 aromatic heterocycles. The van der Waals surface area contributed by atoms with E-state index in [0.717, 1.165) is 37.8 Å². The average Bonchev–Trinajstić information content (AvgIpc) is 2.94. The maximum Gasteiger partial charge on any atom is 0.325 e. The van der Waals surface area contributed by atoms with E-state index in [2.05, 4.69) is 32.0 Å². The summed E-state index contributed by atoms with van der Waals surface area (Å²) < 4.78 is 0. The van der Waals surface area contributed by atoms with Gasteiger partial charge in [0, 0.05) is 56.4 Å². The Morgan fingerprint density at radius 2 is 1.82 bits per heavy atom. The maximum atomic E-state index is 12.3. The lowest BCUT2D eigenvalue weighted by molar-refractivity contribution is -0.144. The van der Waals surface area contributed by atoms with Gasteiger partial charge in [-0.15, -0.1) is 0 Å². The topological polar surface area (TPSA) is 148 Å². The number of nitrogens with zero attached hydrogens (tertiary/aromatic N) is 5. The molecule has 1 amide bonds. The van der Waals surface area contributed by atoms with Crippen LogP contribution in [-0.2, 0) is 4.79 Å². The number of hydrogen-bond acceptors (Lipinski definition) is 9. The molecule has 0 radical (unpaired) electrons. The van der Waals surface area contributed by atoms with Crippen molar-refractivity contribution in [3.63, 3.8) is 0 Å². The zero-order chi connectivity index (χ0) is 28.8. The molecule has 0 unspecified atom stereocenters. The number of aromatic nitrogens is 2. The van der Waals surface area contributed by atoms with Gasteiger partial charge >= 0.3 is 5.97 Å². The van der Waals surface area contributed by atoms with Gasteiger partial charge in [0.25, 0.3) is 5.91 Å². The van der Waals surface area contributed by atoms with E-state index >= 15 is 0 Å². The number of anilines is 2. The average molecular weight is 595 g/mol. The number of aliphatic hydroxyl groups is 1. The van der Waals surface area contributed by atoms with Crippen LogP contribution < -0.4 is 16.0 Å². The number of carbonyl (C=O) groups is 2. The number of piperazine rings is 1. The minimum absolute atomic E-state index is 0.00893. The molecule has 2 saturated heterocycles. The molecule has 2 fully saturated rings. The van der Waals surface area contributed by atoms with Gasteiger partial charge in [-0.3, -0.25) is 19.4 Å². The number of amides is 1. The van der Waals surface area contributed by atoms with Crippen molar-refractivity contribution in [1.82, 2.24) is 25.1 Å². The fourth-order valence-corrected chi connectivity index (χ4v) is 6.18. The summed E-state index contributed by atoms with van der Waals surface area (Å²) in [6.07, 6.45) is 3.75. The summed E-state index contributed by atoms with van der Waals surface area (Å²) in [7, 11) is 0. The summed E-state index contributed by atoms with van der Waals surface area (Å²) >= 11 is 12.5. The van der Waals surface area contributed by atoms with Crippen molar-refractivity contribution in [3.05, 3.63) is 45.7 Å². The van der Waals surface area contributed by atoms with Gasteiger partial charge in [0.05, 0.1) is 6.61 Å². The molecular formula is C27H37Cl2N7O4. The van der Waals surface area contributed by atoms with Gasteiger partial charge in [0.2, 0.25) is 0 Å². The van der Waals surface area contributed by atoms with Crippen LogP contribution in [0, 0.1) is 0 Å². The van der Waals surface area contributed by atoms with Crippen LogP contribution in [0.15, 0.2) is 24.3 Å². The molecule has 2 aliphatic rings. The van der Waals surface area contributed by atoms with Crippen LogP contribution in [0.1, 0.15) is 54.7 Å². The molecule has 3 heterocycles. The summed E-state index contributed by atoms with van der Waals surface area (Å²) in [6, 6.07) is 6.96. The second-order valence-electron chi connectivity index (χ2n) is 10.2. The maximum absolute atomic E-state index is 12.3. The molecule has 5 N–H and O–H groups in total. The Hall–Kier alpha value is -2.70. The van der Waals surface area contributed by atoms with Crippen molar-refractivity contribution < 1.29 is 19.8 Å². The number of hydrogen-bond donors (Lipinski definition) is 4. The molecule has 11 nitrogen and oxygen atoms in total. The minimum Gasteiger partial charge on any atom is -0.480 e. The normalized spacial score (nSPS) is 19.9. The number of nitrogen functional groups attached to an aromatic ring is 1. The number of rotatable bonds is 10. The molecule has 0 saturated carbocycles. The Morgan fingerprint density at radius 3 is 2.45 bits per heavy atom. The largest absolute Gasteiger partial charge is 0.480 e. The van der Waals surface area contributed by atoms with E-state index in [1.54, 1.807) is 24.3 Å². The molecule has 1 aromatic carbocycles. The number of aliphatic hydroxyl groups excluding tert-OH is 1. The van der Waals surface area contributed by atoms with Gasteiger partial charge in [-0.2, -0.15) is 0 Å². The number of benzene rings is 1. The summed E-state index contributed by atoms with van der Waals surface area (Å²) in [5.74, 6) is -0.938. The second kappa shape index (κ2) is 13.8. The van der Waals surface area contributed by atoms with Crippen molar-refractivity contribution in [3.8, 4) is 0 Å². The van der Waals surface area contributed by atoms with E-state index < -0.39 is 17.9 Å². The SMILES string of the molecule is CCC[C@H]1CN(c2nc(N)c(C(=O)NCCO)nc2Cl)CCN1C1CCN([C@@H](C(=O)O)c2ccc(Cl)cc2)CC1. The number of piperidine rings is 1. The van der Waals surface area contributed by atoms with Gasteiger partial charge in [0.15, 0.2) is 22.5 Å². The fraction of sp³-hybridized carbons (Fsp3) is 0.556. The fourth-order valence-electron chi connectivity index (χ4n) is 5.80. The van der Waals surface area contributed by atoms with Crippen LogP contribution in [0.2, 0.25) is 10.2 Å². The molecule has 2 atom stereocenters. The van der Waals surface area contributed by atoms with Gasteiger partial charge in [-0.05, 0) is 37.0 Å². The van der Waals surface area contributed by atoms with Crippen LogP contribution in [0.5, 0.6) is 0 Å². The minimum atomic E-state index is -0.854. The number of carboxylic acid groups (broad SMARTS) is 1. The molecule has 0 aliphatic carbocycles. The first kappa shape index (κ1) is 30.3. The Labute approximate surface area is 244 Å². The number of carbonyl (C=O) groups excluding carboxylic acids is 1. The zero-order valence-corrected chi connectivity index (χ0v) is 24.1. The lowest BCUT2D eigenvalue weighted by atomic mass is 9.95. The van der Waals surface area contributed by atoms with Crippen LogP contribution >= 0.6 is 23.2 Å². The molecule has 0 bridgehead atoms. The highest BCUT2D eigenvalue weighted by atomic mass is 35.5. The van der Waals surface area contributed by atoms with E-state index in [0.29, 0.717) is 43.1 Å². The van der Waals surface area contributed by atoms with E-state index in [1.165, 1.54) is 0 Å². The van der Waals surface area contributed by atoms with Gasteiger partial charge < -0.3 is 26.2 Å². The monoisotopic (exact) mass is 593 g/mol.